The summed E-state index contributed by atoms with van der Waals surface area (Å²) >= 11 is 0. The Hall–Kier alpha value is -3.15. The topological polar surface area (TPSA) is 51.7 Å². The van der Waals surface area contributed by atoms with Crippen LogP contribution in [0.4, 0.5) is 4.39 Å². The van der Waals surface area contributed by atoms with E-state index in [4.69, 9.17) is 9.47 Å². The van der Waals surface area contributed by atoms with Gasteiger partial charge >= 0.3 is 0 Å². The standard InChI is InChI=1S/C20H19FN2O3/c1-23(11-12-26-19-6-4-3-5-16(19)21)20(24)18-9-7-14-13-15(25-2)8-10-17(14)22-18/h3-10,13H,11-12H2,1-2H3. The molecule has 0 N–H and O–H groups in total. The van der Waals surface area contributed by atoms with Crippen LogP contribution in [0.3, 0.4) is 0 Å². The molecule has 0 aliphatic carbocycles. The normalized spacial score (nSPS) is 10.6. The van der Waals surface area contributed by atoms with Gasteiger partial charge in [-0.05, 0) is 36.4 Å². The molecule has 6 heteroatoms. The lowest BCUT2D eigenvalue weighted by molar-refractivity contribution is 0.0767. The number of para-hydroxylation sites is 1. The van der Waals surface area contributed by atoms with Crippen molar-refractivity contribution in [3.63, 3.8) is 0 Å². The van der Waals surface area contributed by atoms with E-state index in [1.54, 1.807) is 44.5 Å². The number of halogens is 1. The molecule has 1 amide bonds. The van der Waals surface area contributed by atoms with Gasteiger partial charge in [0.1, 0.15) is 18.1 Å². The van der Waals surface area contributed by atoms with E-state index in [1.165, 1.54) is 11.0 Å². The SMILES string of the molecule is COc1ccc2nc(C(=O)N(C)CCOc3ccccc3F)ccc2c1. The lowest BCUT2D eigenvalue weighted by atomic mass is 10.2. The van der Waals surface area contributed by atoms with Crippen molar-refractivity contribution < 1.29 is 18.7 Å². The van der Waals surface area contributed by atoms with E-state index in [9.17, 15) is 9.18 Å². The van der Waals surface area contributed by atoms with Gasteiger partial charge in [-0.15, -0.1) is 0 Å². The number of methoxy groups -OCH3 is 1. The number of hydrogen-bond acceptors (Lipinski definition) is 4. The van der Waals surface area contributed by atoms with Crippen molar-refractivity contribution in [2.45, 2.75) is 0 Å². The third-order valence-corrected chi connectivity index (χ3v) is 3.98. The minimum Gasteiger partial charge on any atom is -0.497 e. The number of hydrogen-bond donors (Lipinski definition) is 0. The summed E-state index contributed by atoms with van der Waals surface area (Å²) in [6.07, 6.45) is 0. The van der Waals surface area contributed by atoms with E-state index in [1.807, 2.05) is 18.2 Å². The van der Waals surface area contributed by atoms with Crippen molar-refractivity contribution in [3.8, 4) is 11.5 Å². The van der Waals surface area contributed by atoms with Gasteiger partial charge in [-0.2, -0.15) is 0 Å². The van der Waals surface area contributed by atoms with Gasteiger partial charge < -0.3 is 14.4 Å². The molecular weight excluding hydrogens is 335 g/mol. The summed E-state index contributed by atoms with van der Waals surface area (Å²) in [4.78, 5) is 18.4. The maximum Gasteiger partial charge on any atom is 0.272 e. The molecule has 5 nitrogen and oxygen atoms in total. The van der Waals surface area contributed by atoms with Gasteiger partial charge in [-0.25, -0.2) is 9.37 Å². The predicted molar refractivity (Wildman–Crippen MR) is 97.2 cm³/mol. The van der Waals surface area contributed by atoms with Crippen LogP contribution >= 0.6 is 0 Å². The van der Waals surface area contributed by atoms with Crippen LogP contribution in [0.25, 0.3) is 10.9 Å². The number of carbonyl (C=O) groups excluding carboxylic acids is 1. The van der Waals surface area contributed by atoms with Gasteiger partial charge in [-0.3, -0.25) is 4.79 Å². The molecule has 0 saturated carbocycles. The van der Waals surface area contributed by atoms with Crippen molar-refractivity contribution >= 4 is 16.8 Å². The number of fused-ring (bicyclic) bond motifs is 1. The number of amides is 1. The maximum absolute atomic E-state index is 13.5. The fourth-order valence-electron chi connectivity index (χ4n) is 2.50. The number of aromatic nitrogens is 1. The first-order valence-electron chi connectivity index (χ1n) is 8.16. The highest BCUT2D eigenvalue weighted by Crippen LogP contribution is 2.20. The minimum atomic E-state index is -0.423. The fraction of sp³-hybridized carbons (Fsp3) is 0.200. The summed E-state index contributed by atoms with van der Waals surface area (Å²) in [6, 6.07) is 15.2. The highest BCUT2D eigenvalue weighted by atomic mass is 19.1. The summed E-state index contributed by atoms with van der Waals surface area (Å²) < 4.78 is 24.1. The van der Waals surface area contributed by atoms with E-state index in [2.05, 4.69) is 4.98 Å². The number of carbonyl (C=O) groups is 1. The second-order valence-corrected chi connectivity index (χ2v) is 5.76. The highest BCUT2D eigenvalue weighted by molar-refractivity contribution is 5.94. The average molecular weight is 354 g/mol. The Morgan fingerprint density at radius 1 is 1.15 bits per heavy atom. The van der Waals surface area contributed by atoms with Crippen LogP contribution < -0.4 is 9.47 Å². The number of pyridine rings is 1. The molecular formula is C20H19FN2O3. The van der Waals surface area contributed by atoms with Crippen molar-refractivity contribution in [1.29, 1.82) is 0 Å². The second-order valence-electron chi connectivity index (χ2n) is 5.76. The molecule has 0 spiro atoms. The van der Waals surface area contributed by atoms with Gasteiger partial charge in [0, 0.05) is 12.4 Å². The van der Waals surface area contributed by atoms with Gasteiger partial charge in [0.15, 0.2) is 11.6 Å². The molecule has 134 valence electrons. The van der Waals surface area contributed by atoms with Gasteiger partial charge in [0.2, 0.25) is 0 Å². The molecule has 0 radical (unpaired) electrons. The predicted octanol–water partition coefficient (Wildman–Crippen LogP) is 3.53. The third kappa shape index (κ3) is 3.91. The molecule has 0 atom stereocenters. The molecule has 3 aromatic rings. The van der Waals surface area contributed by atoms with Crippen molar-refractivity contribution in [1.82, 2.24) is 9.88 Å². The monoisotopic (exact) mass is 354 g/mol. The minimum absolute atomic E-state index is 0.172. The van der Waals surface area contributed by atoms with Crippen LogP contribution in [0.2, 0.25) is 0 Å². The fourth-order valence-corrected chi connectivity index (χ4v) is 2.50. The largest absolute Gasteiger partial charge is 0.497 e. The van der Waals surface area contributed by atoms with Crippen LogP contribution in [-0.4, -0.2) is 43.1 Å². The quantitative estimate of drug-likeness (QED) is 0.679. The van der Waals surface area contributed by atoms with Gasteiger partial charge in [0.25, 0.3) is 5.91 Å². The lowest BCUT2D eigenvalue weighted by Crippen LogP contribution is -2.31. The molecule has 0 fully saturated rings. The zero-order valence-corrected chi connectivity index (χ0v) is 14.6. The summed E-state index contributed by atoms with van der Waals surface area (Å²) in [5, 5.41) is 0.895. The average Bonchev–Trinajstić information content (AvgIpc) is 2.67. The number of benzene rings is 2. The molecule has 0 aliphatic heterocycles. The second kappa shape index (κ2) is 7.82. The maximum atomic E-state index is 13.5. The van der Waals surface area contributed by atoms with Gasteiger partial charge in [-0.1, -0.05) is 18.2 Å². The molecule has 1 heterocycles. The number of nitrogens with zero attached hydrogens (tertiary/aromatic N) is 2. The first kappa shape index (κ1) is 17.7. The molecule has 0 unspecified atom stereocenters. The Balaban J connectivity index is 1.64. The smallest absolute Gasteiger partial charge is 0.272 e. The molecule has 0 aliphatic rings. The Kier molecular flexibility index (Phi) is 5.31. The molecule has 0 saturated heterocycles. The van der Waals surface area contributed by atoms with Crippen molar-refractivity contribution in [2.75, 3.05) is 27.3 Å². The van der Waals surface area contributed by atoms with Crippen LogP contribution in [-0.2, 0) is 0 Å². The first-order chi connectivity index (χ1) is 12.6. The first-order valence-corrected chi connectivity index (χ1v) is 8.16. The van der Waals surface area contributed by atoms with E-state index in [-0.39, 0.29) is 18.3 Å². The summed E-state index contributed by atoms with van der Waals surface area (Å²) in [5.41, 5.74) is 1.06. The van der Waals surface area contributed by atoms with Crippen LogP contribution in [0.15, 0.2) is 54.6 Å². The Bertz CT molecular complexity index is 930. The van der Waals surface area contributed by atoms with Gasteiger partial charge in [0.05, 0.1) is 19.2 Å². The summed E-state index contributed by atoms with van der Waals surface area (Å²) in [7, 11) is 3.26. The molecule has 0 bridgehead atoms. The number of likely N-dealkylation sites (N-methyl/N-ethyl adjacent to an activating group) is 1. The molecule has 26 heavy (non-hydrogen) atoms. The van der Waals surface area contributed by atoms with E-state index >= 15 is 0 Å². The van der Waals surface area contributed by atoms with Crippen molar-refractivity contribution in [2.24, 2.45) is 0 Å². The Morgan fingerprint density at radius 2 is 1.96 bits per heavy atom. The lowest BCUT2D eigenvalue weighted by Gasteiger charge is -2.17. The third-order valence-electron chi connectivity index (χ3n) is 3.98. The van der Waals surface area contributed by atoms with Crippen molar-refractivity contribution in [3.05, 3.63) is 66.1 Å². The zero-order valence-electron chi connectivity index (χ0n) is 14.6. The Labute approximate surface area is 151 Å². The molecule has 2 aromatic carbocycles. The van der Waals surface area contributed by atoms with Crippen LogP contribution in [0, 0.1) is 5.82 Å². The number of ether oxygens (including phenoxy) is 2. The Morgan fingerprint density at radius 3 is 2.73 bits per heavy atom. The van der Waals surface area contributed by atoms with E-state index in [0.717, 1.165) is 11.1 Å². The molecule has 3 rings (SSSR count). The van der Waals surface area contributed by atoms with E-state index < -0.39 is 5.82 Å². The van der Waals surface area contributed by atoms with Crippen LogP contribution in [0.1, 0.15) is 10.5 Å². The van der Waals surface area contributed by atoms with Crippen LogP contribution in [0.5, 0.6) is 11.5 Å². The van der Waals surface area contributed by atoms with E-state index in [0.29, 0.717) is 17.8 Å². The summed E-state index contributed by atoms with van der Waals surface area (Å²) in [6.45, 7) is 0.503. The summed E-state index contributed by atoms with van der Waals surface area (Å²) in [5.74, 6) is 0.264. The highest BCUT2D eigenvalue weighted by Gasteiger charge is 2.14. The molecule has 1 aromatic heterocycles. The number of rotatable bonds is 6. The zero-order chi connectivity index (χ0) is 18.5.